The summed E-state index contributed by atoms with van der Waals surface area (Å²) in [6, 6.07) is 9.67. The van der Waals surface area contributed by atoms with E-state index in [9.17, 15) is 9.59 Å². The summed E-state index contributed by atoms with van der Waals surface area (Å²) in [5.74, 6) is 1.75. The predicted octanol–water partition coefficient (Wildman–Crippen LogP) is 2.43. The fourth-order valence-electron chi connectivity index (χ4n) is 3.73. The highest BCUT2D eigenvalue weighted by molar-refractivity contribution is 5.77. The van der Waals surface area contributed by atoms with Gasteiger partial charge < -0.3 is 4.90 Å². The molecule has 2 heterocycles. The lowest BCUT2D eigenvalue weighted by Gasteiger charge is -2.35. The Morgan fingerprint density at radius 3 is 2.58 bits per heavy atom. The zero-order chi connectivity index (χ0) is 18.3. The van der Waals surface area contributed by atoms with Crippen molar-refractivity contribution in [3.63, 3.8) is 0 Å². The van der Waals surface area contributed by atoms with Crippen LogP contribution >= 0.6 is 0 Å². The molecule has 1 fully saturated rings. The first-order valence-corrected chi connectivity index (χ1v) is 9.56. The van der Waals surface area contributed by atoms with Gasteiger partial charge in [-0.15, -0.1) is 0 Å². The standard InChI is InChI=1S/C20H26N4O2/c1-14(2)13-24-20(26)23-11-10-22(17(25)12-15-8-9-15)18(19(23)21-24)16-6-4-3-5-7-16/h3-7,14-15,18H,8-13H2,1-2H3. The van der Waals surface area contributed by atoms with E-state index in [1.807, 2.05) is 35.2 Å². The van der Waals surface area contributed by atoms with Crippen LogP contribution in [0.2, 0.25) is 0 Å². The highest BCUT2D eigenvalue weighted by Gasteiger charge is 2.37. The molecule has 6 nitrogen and oxygen atoms in total. The van der Waals surface area contributed by atoms with E-state index in [0.29, 0.717) is 43.7 Å². The SMILES string of the molecule is CC(C)Cn1nc2n(c1=O)CCN(C(=O)CC1CC1)C2c1ccccc1. The highest BCUT2D eigenvalue weighted by Crippen LogP contribution is 2.36. The van der Waals surface area contributed by atoms with Gasteiger partial charge in [-0.2, -0.15) is 5.10 Å². The van der Waals surface area contributed by atoms with E-state index in [1.165, 1.54) is 0 Å². The minimum absolute atomic E-state index is 0.0658. The molecule has 0 bridgehead atoms. The van der Waals surface area contributed by atoms with Crippen molar-refractivity contribution in [3.05, 3.63) is 52.2 Å². The van der Waals surface area contributed by atoms with Crippen molar-refractivity contribution in [2.24, 2.45) is 11.8 Å². The van der Waals surface area contributed by atoms with Gasteiger partial charge in [0.15, 0.2) is 5.82 Å². The molecule has 6 heteroatoms. The molecule has 1 aliphatic carbocycles. The number of carbonyl (C=O) groups is 1. The average molecular weight is 354 g/mol. The van der Waals surface area contributed by atoms with E-state index in [-0.39, 0.29) is 17.6 Å². The lowest BCUT2D eigenvalue weighted by Crippen LogP contribution is -2.44. The molecule has 1 unspecified atom stereocenters. The maximum atomic E-state index is 12.9. The van der Waals surface area contributed by atoms with Crippen molar-refractivity contribution in [2.45, 2.75) is 52.2 Å². The normalized spacial score (nSPS) is 19.7. The van der Waals surface area contributed by atoms with Crippen LogP contribution in [0.5, 0.6) is 0 Å². The summed E-state index contributed by atoms with van der Waals surface area (Å²) in [6.45, 7) is 5.82. The average Bonchev–Trinajstić information content (AvgIpc) is 3.39. The van der Waals surface area contributed by atoms with Crippen molar-refractivity contribution in [1.82, 2.24) is 19.2 Å². The molecule has 2 aliphatic rings. The number of fused-ring (bicyclic) bond motifs is 1. The first-order chi connectivity index (χ1) is 12.5. The molecule has 1 aromatic carbocycles. The number of rotatable bonds is 5. The van der Waals surface area contributed by atoms with Gasteiger partial charge in [0, 0.05) is 26.1 Å². The number of carbonyl (C=O) groups excluding carboxylic acids is 1. The Labute approximate surface area is 153 Å². The van der Waals surface area contributed by atoms with Gasteiger partial charge in [0.05, 0.1) is 0 Å². The number of amides is 1. The molecule has 0 radical (unpaired) electrons. The minimum Gasteiger partial charge on any atom is -0.327 e. The molecule has 4 rings (SSSR count). The fraction of sp³-hybridized carbons (Fsp3) is 0.550. The van der Waals surface area contributed by atoms with Crippen molar-refractivity contribution in [3.8, 4) is 0 Å². The van der Waals surface area contributed by atoms with Crippen LogP contribution in [0.15, 0.2) is 35.1 Å². The zero-order valence-corrected chi connectivity index (χ0v) is 15.5. The third-order valence-corrected chi connectivity index (χ3v) is 5.21. The number of hydrogen-bond acceptors (Lipinski definition) is 3. The molecule has 0 N–H and O–H groups in total. The van der Waals surface area contributed by atoms with Gasteiger partial charge >= 0.3 is 5.69 Å². The molecule has 1 aromatic heterocycles. The van der Waals surface area contributed by atoms with E-state index >= 15 is 0 Å². The molecule has 1 atom stereocenters. The van der Waals surface area contributed by atoms with Crippen molar-refractivity contribution >= 4 is 5.91 Å². The van der Waals surface area contributed by atoms with Gasteiger partial charge in [0.25, 0.3) is 0 Å². The lowest BCUT2D eigenvalue weighted by atomic mass is 10.0. The van der Waals surface area contributed by atoms with Gasteiger partial charge in [-0.05, 0) is 30.2 Å². The van der Waals surface area contributed by atoms with E-state index < -0.39 is 0 Å². The van der Waals surface area contributed by atoms with E-state index in [1.54, 1.807) is 9.25 Å². The van der Waals surface area contributed by atoms with Crippen LogP contribution in [0.25, 0.3) is 0 Å². The lowest BCUT2D eigenvalue weighted by molar-refractivity contribution is -0.134. The molecule has 0 spiro atoms. The second-order valence-corrected chi connectivity index (χ2v) is 7.92. The maximum absolute atomic E-state index is 12.9. The summed E-state index contributed by atoms with van der Waals surface area (Å²) in [6.07, 6.45) is 2.92. The molecule has 138 valence electrons. The van der Waals surface area contributed by atoms with Gasteiger partial charge in [-0.25, -0.2) is 9.48 Å². The second-order valence-electron chi connectivity index (χ2n) is 7.92. The molecular weight excluding hydrogens is 328 g/mol. The van der Waals surface area contributed by atoms with E-state index in [2.05, 4.69) is 18.9 Å². The predicted molar refractivity (Wildman–Crippen MR) is 98.7 cm³/mol. The number of nitrogens with zero attached hydrogens (tertiary/aromatic N) is 4. The van der Waals surface area contributed by atoms with Gasteiger partial charge in [-0.3, -0.25) is 9.36 Å². The smallest absolute Gasteiger partial charge is 0.327 e. The Balaban J connectivity index is 1.75. The number of hydrogen-bond donors (Lipinski definition) is 0. The third-order valence-electron chi connectivity index (χ3n) is 5.21. The van der Waals surface area contributed by atoms with Crippen LogP contribution in [0, 0.1) is 11.8 Å². The zero-order valence-electron chi connectivity index (χ0n) is 15.5. The molecule has 1 amide bonds. The Morgan fingerprint density at radius 2 is 1.92 bits per heavy atom. The van der Waals surface area contributed by atoms with Crippen molar-refractivity contribution in [2.75, 3.05) is 6.54 Å². The third kappa shape index (κ3) is 3.20. The van der Waals surface area contributed by atoms with Gasteiger partial charge in [-0.1, -0.05) is 44.2 Å². The quantitative estimate of drug-likeness (QED) is 0.828. The van der Waals surface area contributed by atoms with Crippen LogP contribution < -0.4 is 5.69 Å². The molecule has 2 aromatic rings. The Bertz CT molecular complexity index is 848. The molecule has 0 saturated heterocycles. The summed E-state index contributed by atoms with van der Waals surface area (Å²) in [7, 11) is 0. The first-order valence-electron chi connectivity index (χ1n) is 9.56. The molecule has 1 aliphatic heterocycles. The second kappa shape index (κ2) is 6.74. The summed E-state index contributed by atoms with van der Waals surface area (Å²) < 4.78 is 3.31. The van der Waals surface area contributed by atoms with Crippen molar-refractivity contribution in [1.29, 1.82) is 0 Å². The van der Waals surface area contributed by atoms with Crippen LogP contribution in [-0.2, 0) is 17.9 Å². The Hall–Kier alpha value is -2.37. The molecule has 1 saturated carbocycles. The maximum Gasteiger partial charge on any atom is 0.346 e. The van der Waals surface area contributed by atoms with Crippen LogP contribution in [0.3, 0.4) is 0 Å². The largest absolute Gasteiger partial charge is 0.346 e. The molecule has 26 heavy (non-hydrogen) atoms. The number of aromatic nitrogens is 3. The first kappa shape index (κ1) is 17.1. The summed E-state index contributed by atoms with van der Waals surface area (Å²) in [5.41, 5.74) is 0.947. The Kier molecular flexibility index (Phi) is 4.42. The van der Waals surface area contributed by atoms with Gasteiger partial charge in [0.1, 0.15) is 6.04 Å². The summed E-state index contributed by atoms with van der Waals surface area (Å²) in [4.78, 5) is 27.6. The topological polar surface area (TPSA) is 60.1 Å². The summed E-state index contributed by atoms with van der Waals surface area (Å²) >= 11 is 0. The van der Waals surface area contributed by atoms with E-state index in [0.717, 1.165) is 18.4 Å². The van der Waals surface area contributed by atoms with Crippen LogP contribution in [0.1, 0.15) is 50.5 Å². The Morgan fingerprint density at radius 1 is 1.19 bits per heavy atom. The molecular formula is C20H26N4O2. The fourth-order valence-corrected chi connectivity index (χ4v) is 3.73. The van der Waals surface area contributed by atoms with Crippen LogP contribution in [0.4, 0.5) is 0 Å². The van der Waals surface area contributed by atoms with Crippen molar-refractivity contribution < 1.29 is 4.79 Å². The minimum atomic E-state index is -0.280. The monoisotopic (exact) mass is 354 g/mol. The van der Waals surface area contributed by atoms with Crippen LogP contribution in [-0.4, -0.2) is 31.7 Å². The van der Waals surface area contributed by atoms with E-state index in [4.69, 9.17) is 0 Å². The van der Waals surface area contributed by atoms with Gasteiger partial charge in [0.2, 0.25) is 5.91 Å². The number of benzene rings is 1. The highest BCUT2D eigenvalue weighted by atomic mass is 16.2. The summed E-state index contributed by atoms with van der Waals surface area (Å²) in [5, 5.41) is 4.65.